The van der Waals surface area contributed by atoms with Gasteiger partial charge in [0.25, 0.3) is 5.56 Å². The number of aromatic nitrogens is 6. The summed E-state index contributed by atoms with van der Waals surface area (Å²) in [4.78, 5) is 43.4. The number of rotatable bonds is 8. The maximum absolute atomic E-state index is 13.3. The fraction of sp³-hybridized carbons (Fsp3) is 0.286. The molecule has 3 heterocycles. The van der Waals surface area contributed by atoms with E-state index in [-0.39, 0.29) is 17.7 Å². The molecule has 11 heteroatoms. The zero-order valence-corrected chi connectivity index (χ0v) is 17.8. The molecule has 4 aromatic rings. The van der Waals surface area contributed by atoms with Crippen molar-refractivity contribution in [2.24, 2.45) is 7.05 Å². The summed E-state index contributed by atoms with van der Waals surface area (Å²) in [5, 5.41) is 6.69. The Labute approximate surface area is 182 Å². The molecule has 0 saturated carbocycles. The highest BCUT2D eigenvalue weighted by Crippen LogP contribution is 2.10. The molecule has 0 fully saturated rings. The molecule has 0 aliphatic carbocycles. The Bertz CT molecular complexity index is 1360. The van der Waals surface area contributed by atoms with Crippen LogP contribution in [-0.4, -0.2) is 48.1 Å². The van der Waals surface area contributed by atoms with Gasteiger partial charge in [0.1, 0.15) is 6.54 Å². The standard InChI is InChI=1S/C21H23N7O4/c1-25-9-8-16(24-25)23-17(29)13-28-20(30)18-19(22-14-26(18)10-11-32-2)27(21(28)31)12-15-6-4-3-5-7-15/h3-9,14H,10-13H2,1-2H3,(H,23,24,29). The van der Waals surface area contributed by atoms with Crippen LogP contribution in [0.1, 0.15) is 5.56 Å². The van der Waals surface area contributed by atoms with Crippen molar-refractivity contribution in [2.45, 2.75) is 19.6 Å². The van der Waals surface area contributed by atoms with Gasteiger partial charge < -0.3 is 14.6 Å². The van der Waals surface area contributed by atoms with Crippen molar-refractivity contribution in [3.63, 3.8) is 0 Å². The number of hydrogen-bond donors (Lipinski definition) is 1. The first-order chi connectivity index (χ1) is 15.5. The zero-order chi connectivity index (χ0) is 22.7. The predicted octanol–water partition coefficient (Wildman–Crippen LogP) is 0.427. The first kappa shape index (κ1) is 21.2. The van der Waals surface area contributed by atoms with Crippen LogP contribution in [0.2, 0.25) is 0 Å². The summed E-state index contributed by atoms with van der Waals surface area (Å²) in [5.74, 6) is -0.196. The molecule has 0 atom stereocenters. The fourth-order valence-corrected chi connectivity index (χ4v) is 3.45. The van der Waals surface area contributed by atoms with Crippen LogP contribution in [0.4, 0.5) is 5.82 Å². The van der Waals surface area contributed by atoms with Crippen LogP contribution >= 0.6 is 0 Å². The Kier molecular flexibility index (Phi) is 5.99. The number of carbonyl (C=O) groups excluding carboxylic acids is 1. The van der Waals surface area contributed by atoms with Crippen molar-refractivity contribution in [3.8, 4) is 0 Å². The van der Waals surface area contributed by atoms with Gasteiger partial charge in [0.05, 0.1) is 19.5 Å². The molecule has 1 aromatic carbocycles. The Morgan fingerprint density at radius 3 is 2.59 bits per heavy atom. The van der Waals surface area contributed by atoms with Crippen LogP contribution in [-0.2, 0) is 36.2 Å². The molecule has 0 saturated heterocycles. The molecule has 1 amide bonds. The van der Waals surface area contributed by atoms with E-state index in [0.29, 0.717) is 19.0 Å². The highest BCUT2D eigenvalue weighted by atomic mass is 16.5. The Morgan fingerprint density at radius 1 is 1.12 bits per heavy atom. The summed E-state index contributed by atoms with van der Waals surface area (Å²) in [6.07, 6.45) is 3.18. The van der Waals surface area contributed by atoms with E-state index in [1.54, 1.807) is 31.0 Å². The molecular weight excluding hydrogens is 414 g/mol. The lowest BCUT2D eigenvalue weighted by molar-refractivity contribution is -0.116. The maximum Gasteiger partial charge on any atom is 0.333 e. The fourth-order valence-electron chi connectivity index (χ4n) is 3.45. The van der Waals surface area contributed by atoms with Gasteiger partial charge in [-0.1, -0.05) is 30.3 Å². The van der Waals surface area contributed by atoms with Crippen molar-refractivity contribution < 1.29 is 9.53 Å². The van der Waals surface area contributed by atoms with Crippen LogP contribution < -0.4 is 16.6 Å². The van der Waals surface area contributed by atoms with E-state index in [1.807, 2.05) is 30.3 Å². The molecule has 4 rings (SSSR count). The van der Waals surface area contributed by atoms with Crippen molar-refractivity contribution in [3.05, 3.63) is 75.3 Å². The number of imidazole rings is 1. The molecule has 0 aliphatic rings. The summed E-state index contributed by atoms with van der Waals surface area (Å²) in [5.41, 5.74) is 0.175. The van der Waals surface area contributed by atoms with Crippen LogP contribution in [0, 0.1) is 0 Å². The Balaban J connectivity index is 1.79. The number of nitrogens with one attached hydrogen (secondary N) is 1. The smallest absolute Gasteiger partial charge is 0.333 e. The van der Waals surface area contributed by atoms with Crippen LogP contribution in [0.5, 0.6) is 0 Å². The Morgan fingerprint density at radius 2 is 1.91 bits per heavy atom. The monoisotopic (exact) mass is 437 g/mol. The van der Waals surface area contributed by atoms with Crippen molar-refractivity contribution in [1.82, 2.24) is 28.5 Å². The maximum atomic E-state index is 13.3. The van der Waals surface area contributed by atoms with Gasteiger partial charge in [0, 0.05) is 33.0 Å². The molecular formula is C21H23N7O4. The highest BCUT2D eigenvalue weighted by molar-refractivity contribution is 5.89. The first-order valence-electron chi connectivity index (χ1n) is 9.98. The Hall–Kier alpha value is -3.99. The van der Waals surface area contributed by atoms with Gasteiger partial charge >= 0.3 is 5.69 Å². The highest BCUT2D eigenvalue weighted by Gasteiger charge is 2.20. The SMILES string of the molecule is COCCn1cnc2c1c(=O)n(CC(=O)Nc1ccn(C)n1)c(=O)n2Cc1ccccc1. The van der Waals surface area contributed by atoms with Crippen molar-refractivity contribution in [2.75, 3.05) is 19.0 Å². The van der Waals surface area contributed by atoms with E-state index >= 15 is 0 Å². The molecule has 0 unspecified atom stereocenters. The summed E-state index contributed by atoms with van der Waals surface area (Å²) < 4.78 is 10.6. The zero-order valence-electron chi connectivity index (χ0n) is 17.8. The van der Waals surface area contributed by atoms with Gasteiger partial charge in [0.15, 0.2) is 17.0 Å². The van der Waals surface area contributed by atoms with Gasteiger partial charge in [-0.15, -0.1) is 0 Å². The lowest BCUT2D eigenvalue weighted by Gasteiger charge is -2.12. The van der Waals surface area contributed by atoms with E-state index in [9.17, 15) is 14.4 Å². The second kappa shape index (κ2) is 9.02. The lowest BCUT2D eigenvalue weighted by atomic mass is 10.2. The minimum atomic E-state index is -0.612. The van der Waals surface area contributed by atoms with E-state index in [4.69, 9.17) is 4.74 Å². The quantitative estimate of drug-likeness (QED) is 0.427. The molecule has 0 radical (unpaired) electrons. The van der Waals surface area contributed by atoms with Gasteiger partial charge in [-0.25, -0.2) is 14.3 Å². The van der Waals surface area contributed by atoms with E-state index in [0.717, 1.165) is 10.1 Å². The number of hydrogen-bond acceptors (Lipinski definition) is 6. The molecule has 3 aromatic heterocycles. The van der Waals surface area contributed by atoms with Crippen LogP contribution in [0.25, 0.3) is 11.2 Å². The number of methoxy groups -OCH3 is 1. The average Bonchev–Trinajstić information content (AvgIpc) is 3.39. The van der Waals surface area contributed by atoms with E-state index in [2.05, 4.69) is 15.4 Å². The van der Waals surface area contributed by atoms with E-state index in [1.165, 1.54) is 15.6 Å². The number of fused-ring (bicyclic) bond motifs is 1. The average molecular weight is 437 g/mol. The first-order valence-corrected chi connectivity index (χ1v) is 9.98. The number of amides is 1. The van der Waals surface area contributed by atoms with Gasteiger partial charge in [-0.3, -0.25) is 18.8 Å². The molecule has 166 valence electrons. The van der Waals surface area contributed by atoms with Crippen molar-refractivity contribution in [1.29, 1.82) is 0 Å². The largest absolute Gasteiger partial charge is 0.383 e. The third kappa shape index (κ3) is 4.23. The van der Waals surface area contributed by atoms with Crippen LogP contribution in [0.15, 0.2) is 58.5 Å². The number of ether oxygens (including phenoxy) is 1. The lowest BCUT2D eigenvalue weighted by Crippen LogP contribution is -2.43. The minimum absolute atomic E-state index is 0.208. The number of anilines is 1. The van der Waals surface area contributed by atoms with E-state index < -0.39 is 23.7 Å². The minimum Gasteiger partial charge on any atom is -0.383 e. The normalized spacial score (nSPS) is 11.2. The number of aryl methyl sites for hydroxylation is 1. The number of carbonyl (C=O) groups is 1. The molecule has 1 N–H and O–H groups in total. The number of benzene rings is 1. The molecule has 0 bridgehead atoms. The topological polar surface area (TPSA) is 118 Å². The molecule has 32 heavy (non-hydrogen) atoms. The summed E-state index contributed by atoms with van der Waals surface area (Å²) in [7, 11) is 3.28. The summed E-state index contributed by atoms with van der Waals surface area (Å²) in [6.45, 7) is 0.503. The third-order valence-electron chi connectivity index (χ3n) is 4.99. The molecule has 0 aliphatic heterocycles. The van der Waals surface area contributed by atoms with Gasteiger partial charge in [0.2, 0.25) is 5.91 Å². The second-order valence-corrected chi connectivity index (χ2v) is 7.27. The van der Waals surface area contributed by atoms with Gasteiger partial charge in [-0.05, 0) is 5.56 Å². The number of nitrogens with zero attached hydrogens (tertiary/aromatic N) is 6. The molecule has 0 spiro atoms. The third-order valence-corrected chi connectivity index (χ3v) is 4.99. The predicted molar refractivity (Wildman–Crippen MR) is 118 cm³/mol. The van der Waals surface area contributed by atoms with Crippen molar-refractivity contribution >= 4 is 22.9 Å². The van der Waals surface area contributed by atoms with Crippen LogP contribution in [0.3, 0.4) is 0 Å². The summed E-state index contributed by atoms with van der Waals surface area (Å²) in [6, 6.07) is 11.0. The second-order valence-electron chi connectivity index (χ2n) is 7.27. The van der Waals surface area contributed by atoms with Gasteiger partial charge in [-0.2, -0.15) is 5.10 Å². The summed E-state index contributed by atoms with van der Waals surface area (Å²) >= 11 is 0. The molecule has 11 nitrogen and oxygen atoms in total.